The number of aliphatic hydroxyl groups is 1. The molecule has 7 nitrogen and oxygen atoms in total. The fourth-order valence-corrected chi connectivity index (χ4v) is 2.29. The van der Waals surface area contributed by atoms with Gasteiger partial charge in [0.25, 0.3) is 5.91 Å². The average Bonchev–Trinajstić information content (AvgIpc) is 2.57. The van der Waals surface area contributed by atoms with Crippen molar-refractivity contribution in [3.8, 4) is 0 Å². The number of carboxylic acid groups (broad SMARTS) is 1. The van der Waals surface area contributed by atoms with Crippen LogP contribution in [0.25, 0.3) is 0 Å². The van der Waals surface area contributed by atoms with Crippen molar-refractivity contribution in [1.29, 1.82) is 0 Å². The zero-order valence-corrected chi connectivity index (χ0v) is 14.6. The summed E-state index contributed by atoms with van der Waals surface area (Å²) in [5.41, 5.74) is -1.09. The molecule has 0 saturated heterocycles. The zero-order chi connectivity index (χ0) is 20.8. The van der Waals surface area contributed by atoms with Crippen LogP contribution in [0.5, 0.6) is 0 Å². The van der Waals surface area contributed by atoms with Crippen LogP contribution in [-0.4, -0.2) is 40.7 Å². The van der Waals surface area contributed by atoms with E-state index < -0.39 is 47.6 Å². The summed E-state index contributed by atoms with van der Waals surface area (Å²) in [6.45, 7) is 3.10. The molecule has 1 amide bonds. The van der Waals surface area contributed by atoms with Crippen LogP contribution in [0.4, 0.5) is 13.2 Å². The Morgan fingerprint density at radius 1 is 1.19 bits per heavy atom. The Balaban J connectivity index is 2.83. The van der Waals surface area contributed by atoms with E-state index in [1.54, 1.807) is 6.92 Å². The number of rotatable bonds is 8. The maximum absolute atomic E-state index is 12.5. The highest BCUT2D eigenvalue weighted by Gasteiger charge is 2.32. The Labute approximate surface area is 153 Å². The first-order valence-corrected chi connectivity index (χ1v) is 8.01. The van der Waals surface area contributed by atoms with Crippen molar-refractivity contribution in [2.24, 2.45) is 5.92 Å². The number of hydrogen-bond donors (Lipinski definition) is 3. The van der Waals surface area contributed by atoms with Crippen LogP contribution >= 0.6 is 0 Å². The fraction of sp³-hybridized carbons (Fsp3) is 0.471. The molecule has 0 saturated carbocycles. The minimum atomic E-state index is -4.57. The molecule has 0 aliphatic carbocycles. The van der Waals surface area contributed by atoms with Gasteiger partial charge in [-0.25, -0.2) is 4.79 Å². The molecule has 27 heavy (non-hydrogen) atoms. The summed E-state index contributed by atoms with van der Waals surface area (Å²) in [6, 6.07) is 1.75. The van der Waals surface area contributed by atoms with Gasteiger partial charge in [-0.05, 0) is 30.5 Å². The number of carbonyl (C=O) groups excluding carboxylic acids is 2. The average molecular weight is 391 g/mol. The Morgan fingerprint density at radius 3 is 2.19 bits per heavy atom. The van der Waals surface area contributed by atoms with Gasteiger partial charge in [0.2, 0.25) is 0 Å². The quantitative estimate of drug-likeness (QED) is 0.584. The second kappa shape index (κ2) is 9.36. The molecule has 0 spiro atoms. The Hall–Kier alpha value is -2.62. The molecule has 1 rings (SSSR count). The molecule has 0 radical (unpaired) electrons. The molecule has 0 bridgehead atoms. The Bertz CT molecular complexity index is 674. The van der Waals surface area contributed by atoms with Crippen molar-refractivity contribution in [3.63, 3.8) is 0 Å². The minimum absolute atomic E-state index is 0.113. The van der Waals surface area contributed by atoms with Gasteiger partial charge in [-0.3, -0.25) is 9.59 Å². The molecule has 3 N–H and O–H groups in total. The first kappa shape index (κ1) is 22.4. The number of carboxylic acids is 1. The van der Waals surface area contributed by atoms with E-state index in [4.69, 9.17) is 4.74 Å². The molecule has 10 heteroatoms. The van der Waals surface area contributed by atoms with Gasteiger partial charge in [0.05, 0.1) is 18.6 Å². The molecule has 0 aromatic heterocycles. The number of carbonyl (C=O) groups is 3. The standard InChI is InChI=1S/C17H20F3NO6/c1-3-27-12(22)8-9(2)13(16(25)26)21-15(24)14(23)10-4-6-11(7-5-10)17(18,19)20/h4-7,9,13-14,23H,3,8H2,1-2H3,(H,21,24)(H,25,26)/t9-,13-,14+/m1/s1. The molecule has 1 aromatic carbocycles. The van der Waals surface area contributed by atoms with Crippen LogP contribution < -0.4 is 5.32 Å². The number of alkyl halides is 3. The normalized spacial score (nSPS) is 14.7. The number of aliphatic hydroxyl groups excluding tert-OH is 1. The van der Waals surface area contributed by atoms with Crippen LogP contribution in [0, 0.1) is 5.92 Å². The number of esters is 1. The minimum Gasteiger partial charge on any atom is -0.480 e. The van der Waals surface area contributed by atoms with Gasteiger partial charge in [-0.15, -0.1) is 0 Å². The molecular weight excluding hydrogens is 371 g/mol. The fourth-order valence-electron chi connectivity index (χ4n) is 2.29. The number of ether oxygens (including phenoxy) is 1. The van der Waals surface area contributed by atoms with Crippen LogP contribution in [-0.2, 0) is 25.3 Å². The number of hydrogen-bond acceptors (Lipinski definition) is 5. The highest BCUT2D eigenvalue weighted by Crippen LogP contribution is 2.30. The maximum Gasteiger partial charge on any atom is 0.416 e. The van der Waals surface area contributed by atoms with Gasteiger partial charge in [0, 0.05) is 0 Å². The number of benzene rings is 1. The molecule has 150 valence electrons. The van der Waals surface area contributed by atoms with Crippen LogP contribution in [0.1, 0.15) is 37.5 Å². The van der Waals surface area contributed by atoms with E-state index in [1.807, 2.05) is 0 Å². The smallest absolute Gasteiger partial charge is 0.416 e. The topological polar surface area (TPSA) is 113 Å². The lowest BCUT2D eigenvalue weighted by molar-refractivity contribution is -0.148. The lowest BCUT2D eigenvalue weighted by Crippen LogP contribution is -2.47. The second-order valence-electron chi connectivity index (χ2n) is 5.83. The van der Waals surface area contributed by atoms with E-state index in [2.05, 4.69) is 5.32 Å². The Kier molecular flexibility index (Phi) is 7.77. The maximum atomic E-state index is 12.5. The molecule has 1 aromatic rings. The van der Waals surface area contributed by atoms with Gasteiger partial charge < -0.3 is 20.3 Å². The largest absolute Gasteiger partial charge is 0.480 e. The van der Waals surface area contributed by atoms with Crippen molar-refractivity contribution in [2.45, 2.75) is 38.6 Å². The van der Waals surface area contributed by atoms with Crippen molar-refractivity contribution in [1.82, 2.24) is 5.32 Å². The summed E-state index contributed by atoms with van der Waals surface area (Å²) in [5.74, 6) is -4.03. The van der Waals surface area contributed by atoms with E-state index in [9.17, 15) is 37.8 Å². The van der Waals surface area contributed by atoms with Crippen molar-refractivity contribution in [2.75, 3.05) is 6.61 Å². The third-order valence-corrected chi connectivity index (χ3v) is 3.73. The molecule has 0 fully saturated rings. The van der Waals surface area contributed by atoms with Crippen LogP contribution in [0.2, 0.25) is 0 Å². The summed E-state index contributed by atoms with van der Waals surface area (Å²) in [7, 11) is 0. The third kappa shape index (κ3) is 6.55. The number of amides is 1. The molecule has 0 aliphatic rings. The predicted octanol–water partition coefficient (Wildman–Crippen LogP) is 1.90. The highest BCUT2D eigenvalue weighted by molar-refractivity contribution is 5.87. The summed E-state index contributed by atoms with van der Waals surface area (Å²) in [6.07, 6.45) is -6.71. The van der Waals surface area contributed by atoms with Crippen molar-refractivity contribution in [3.05, 3.63) is 35.4 Å². The van der Waals surface area contributed by atoms with Crippen LogP contribution in [0.3, 0.4) is 0 Å². The van der Waals surface area contributed by atoms with Crippen LogP contribution in [0.15, 0.2) is 24.3 Å². The number of nitrogens with one attached hydrogen (secondary N) is 1. The molecule has 3 atom stereocenters. The third-order valence-electron chi connectivity index (χ3n) is 3.73. The number of aliphatic carboxylic acids is 1. The van der Waals surface area contributed by atoms with Gasteiger partial charge in [-0.2, -0.15) is 13.2 Å². The SMILES string of the molecule is CCOC(=O)C[C@@H](C)[C@@H](NC(=O)[C@@H](O)c1ccc(C(F)(F)F)cc1)C(=O)O. The monoisotopic (exact) mass is 391 g/mol. The second-order valence-corrected chi connectivity index (χ2v) is 5.83. The predicted molar refractivity (Wildman–Crippen MR) is 86.4 cm³/mol. The number of halogens is 3. The van der Waals surface area contributed by atoms with Crippen molar-refractivity contribution < 1.29 is 42.5 Å². The van der Waals surface area contributed by atoms with Gasteiger partial charge >= 0.3 is 18.1 Å². The first-order chi connectivity index (χ1) is 12.5. The van der Waals surface area contributed by atoms with Gasteiger partial charge in [0.1, 0.15) is 6.04 Å². The first-order valence-electron chi connectivity index (χ1n) is 8.01. The summed E-state index contributed by atoms with van der Waals surface area (Å²) >= 11 is 0. The highest BCUT2D eigenvalue weighted by atomic mass is 19.4. The van der Waals surface area contributed by atoms with Gasteiger partial charge in [-0.1, -0.05) is 19.1 Å². The van der Waals surface area contributed by atoms with E-state index in [0.29, 0.717) is 12.1 Å². The molecule has 0 aliphatic heterocycles. The van der Waals surface area contributed by atoms with Crippen molar-refractivity contribution >= 4 is 17.8 Å². The zero-order valence-electron chi connectivity index (χ0n) is 14.6. The molecule has 0 heterocycles. The Morgan fingerprint density at radius 2 is 1.74 bits per heavy atom. The van der Waals surface area contributed by atoms with E-state index in [0.717, 1.165) is 12.1 Å². The van der Waals surface area contributed by atoms with E-state index in [1.165, 1.54) is 6.92 Å². The van der Waals surface area contributed by atoms with E-state index >= 15 is 0 Å². The van der Waals surface area contributed by atoms with E-state index in [-0.39, 0.29) is 18.6 Å². The lowest BCUT2D eigenvalue weighted by atomic mass is 9.97. The summed E-state index contributed by atoms with van der Waals surface area (Å²) in [5, 5.41) is 21.3. The molecule has 0 unspecified atom stereocenters. The summed E-state index contributed by atoms with van der Waals surface area (Å²) in [4.78, 5) is 34.9. The summed E-state index contributed by atoms with van der Waals surface area (Å²) < 4.78 is 42.3. The molecular formula is C17H20F3NO6. The lowest BCUT2D eigenvalue weighted by Gasteiger charge is -2.22. The van der Waals surface area contributed by atoms with Gasteiger partial charge in [0.15, 0.2) is 6.10 Å².